The summed E-state index contributed by atoms with van der Waals surface area (Å²) in [5, 5.41) is 0. The molecule has 0 unspecified atom stereocenters. The topological polar surface area (TPSA) is 29.4 Å². The first-order valence-electron chi connectivity index (χ1n) is 2.54. The number of nitrogens with zero attached hydrogens (tertiary/aromatic N) is 1. The van der Waals surface area contributed by atoms with Gasteiger partial charge in [0.05, 0.1) is 0 Å². The van der Waals surface area contributed by atoms with E-state index in [0.29, 0.717) is 3.72 Å². The van der Waals surface area contributed by atoms with Crippen LogP contribution < -0.4 is 0 Å². The van der Waals surface area contributed by atoms with Crippen molar-refractivity contribution in [2.75, 3.05) is 0 Å². The predicted octanol–water partition coefficient (Wildman–Crippen LogP) is 1.94. The van der Waals surface area contributed by atoms with Gasteiger partial charge in [-0.3, -0.25) is 4.79 Å². The Morgan fingerprint density at radius 2 is 2.22 bits per heavy atom. The third-order valence-electron chi connectivity index (χ3n) is 0.627. The first-order chi connectivity index (χ1) is 4.18. The summed E-state index contributed by atoms with van der Waals surface area (Å²) < 4.78 is 0.519. The van der Waals surface area contributed by atoms with Crippen LogP contribution in [0.15, 0.2) is 17.3 Å². The number of ketones is 1. The van der Waals surface area contributed by atoms with E-state index in [1.165, 1.54) is 6.92 Å². The first-order valence-corrected chi connectivity index (χ1v) is 3.61. The van der Waals surface area contributed by atoms with E-state index in [0.717, 1.165) is 0 Å². The van der Waals surface area contributed by atoms with Crippen LogP contribution in [0.3, 0.4) is 0 Å². The number of aliphatic imine (C=N–C) groups is 1. The molecule has 0 heterocycles. The maximum Gasteiger partial charge on any atom is 0.184 e. The molecule has 0 aromatic heterocycles. The smallest absolute Gasteiger partial charge is 0.184 e. The maximum absolute atomic E-state index is 10.5. The van der Waals surface area contributed by atoms with Gasteiger partial charge in [0.15, 0.2) is 5.78 Å². The van der Waals surface area contributed by atoms with E-state index in [-0.39, 0.29) is 5.78 Å². The minimum atomic E-state index is 0.00806. The van der Waals surface area contributed by atoms with Crippen LogP contribution in [0.5, 0.6) is 0 Å². The van der Waals surface area contributed by atoms with Gasteiger partial charge in [0.25, 0.3) is 0 Å². The minimum absolute atomic E-state index is 0.00806. The minimum Gasteiger partial charge on any atom is -0.292 e. The Morgan fingerprint density at radius 3 is 2.56 bits per heavy atom. The molecule has 0 saturated carbocycles. The molecule has 0 rings (SSSR count). The van der Waals surface area contributed by atoms with Gasteiger partial charge in [-0.1, -0.05) is 6.08 Å². The van der Waals surface area contributed by atoms with E-state index in [1.54, 1.807) is 12.3 Å². The SMILES string of the molecule is C/C=C\N=C(I)C(C)=O. The molecule has 0 N–H and O–H groups in total. The predicted molar refractivity (Wildman–Crippen MR) is 47.0 cm³/mol. The molecular weight excluding hydrogens is 229 g/mol. The van der Waals surface area contributed by atoms with Crippen molar-refractivity contribution in [2.45, 2.75) is 13.8 Å². The van der Waals surface area contributed by atoms with Crippen molar-refractivity contribution in [1.29, 1.82) is 0 Å². The molecule has 9 heavy (non-hydrogen) atoms. The fraction of sp³-hybridized carbons (Fsp3) is 0.333. The highest BCUT2D eigenvalue weighted by molar-refractivity contribution is 14.1. The molecule has 0 saturated heterocycles. The second-order valence-electron chi connectivity index (χ2n) is 1.46. The van der Waals surface area contributed by atoms with Crippen molar-refractivity contribution >= 4 is 32.1 Å². The van der Waals surface area contributed by atoms with Crippen LogP contribution in [0.2, 0.25) is 0 Å². The molecule has 0 radical (unpaired) electrons. The molecule has 0 aliphatic carbocycles. The molecule has 0 aromatic carbocycles. The Kier molecular flexibility index (Phi) is 4.57. The van der Waals surface area contributed by atoms with E-state index < -0.39 is 0 Å². The zero-order chi connectivity index (χ0) is 7.28. The average molecular weight is 237 g/mol. The average Bonchev–Trinajstić information content (AvgIpc) is 1.82. The van der Waals surface area contributed by atoms with E-state index in [2.05, 4.69) is 4.99 Å². The van der Waals surface area contributed by atoms with Gasteiger partial charge in [-0.15, -0.1) is 0 Å². The number of rotatable bonds is 2. The molecule has 0 aliphatic heterocycles. The van der Waals surface area contributed by atoms with Crippen LogP contribution in [0.25, 0.3) is 0 Å². The molecule has 0 spiro atoms. The lowest BCUT2D eigenvalue weighted by Gasteiger charge is -1.83. The highest BCUT2D eigenvalue weighted by atomic mass is 127. The second kappa shape index (κ2) is 4.67. The number of allylic oxidation sites excluding steroid dienone is 1. The van der Waals surface area contributed by atoms with Crippen LogP contribution >= 0.6 is 22.6 Å². The van der Waals surface area contributed by atoms with Gasteiger partial charge >= 0.3 is 0 Å². The highest BCUT2D eigenvalue weighted by Crippen LogP contribution is 1.92. The van der Waals surface area contributed by atoms with E-state index in [4.69, 9.17) is 0 Å². The summed E-state index contributed by atoms with van der Waals surface area (Å²) in [5.41, 5.74) is 0. The van der Waals surface area contributed by atoms with E-state index in [9.17, 15) is 4.79 Å². The van der Waals surface area contributed by atoms with E-state index in [1.807, 2.05) is 29.5 Å². The van der Waals surface area contributed by atoms with Crippen molar-refractivity contribution in [3.63, 3.8) is 0 Å². The Hall–Kier alpha value is -0.190. The van der Waals surface area contributed by atoms with Gasteiger partial charge < -0.3 is 0 Å². The van der Waals surface area contributed by atoms with Gasteiger partial charge in [-0.25, -0.2) is 4.99 Å². The zero-order valence-corrected chi connectivity index (χ0v) is 7.55. The highest BCUT2D eigenvalue weighted by Gasteiger charge is 1.95. The monoisotopic (exact) mass is 237 g/mol. The lowest BCUT2D eigenvalue weighted by Crippen LogP contribution is -1.98. The largest absolute Gasteiger partial charge is 0.292 e. The molecular formula is C6H8INO. The fourth-order valence-corrected chi connectivity index (χ4v) is 0.392. The van der Waals surface area contributed by atoms with Gasteiger partial charge in [0.2, 0.25) is 0 Å². The molecule has 2 nitrogen and oxygen atoms in total. The second-order valence-corrected chi connectivity index (χ2v) is 2.48. The number of Topliss-reactive ketones (excluding diaryl/α,β-unsaturated/α-hetero) is 1. The molecule has 3 heteroatoms. The van der Waals surface area contributed by atoms with Crippen LogP contribution in [0, 0.1) is 0 Å². The number of hydrogen-bond donors (Lipinski definition) is 0. The Morgan fingerprint density at radius 1 is 1.67 bits per heavy atom. The zero-order valence-electron chi connectivity index (χ0n) is 5.39. The third kappa shape index (κ3) is 4.32. The molecule has 0 bridgehead atoms. The molecule has 0 aromatic rings. The van der Waals surface area contributed by atoms with Gasteiger partial charge in [0, 0.05) is 13.1 Å². The molecule has 0 aliphatic rings. The number of carbonyl (C=O) groups is 1. The quantitative estimate of drug-likeness (QED) is 0.533. The first kappa shape index (κ1) is 8.81. The Bertz CT molecular complexity index is 160. The van der Waals surface area contributed by atoms with E-state index >= 15 is 0 Å². The summed E-state index contributed by atoms with van der Waals surface area (Å²) in [4.78, 5) is 14.3. The molecule has 0 fully saturated rings. The Balaban J connectivity index is 4.00. The molecule has 0 atom stereocenters. The Labute approximate surface area is 68.2 Å². The summed E-state index contributed by atoms with van der Waals surface area (Å²) in [7, 11) is 0. The maximum atomic E-state index is 10.5. The normalized spacial score (nSPS) is 12.6. The van der Waals surface area contributed by atoms with Gasteiger partial charge in [-0.05, 0) is 29.5 Å². The number of carbonyl (C=O) groups excluding carboxylic acids is 1. The van der Waals surface area contributed by atoms with Crippen LogP contribution in [-0.4, -0.2) is 9.50 Å². The van der Waals surface area contributed by atoms with Crippen molar-refractivity contribution in [2.24, 2.45) is 4.99 Å². The van der Waals surface area contributed by atoms with Crippen LogP contribution in [0.1, 0.15) is 13.8 Å². The van der Waals surface area contributed by atoms with Gasteiger partial charge in [0.1, 0.15) is 3.72 Å². The fourth-order valence-electron chi connectivity index (χ4n) is 0.231. The summed E-state index contributed by atoms with van der Waals surface area (Å²) in [6, 6.07) is 0. The van der Waals surface area contributed by atoms with Gasteiger partial charge in [-0.2, -0.15) is 0 Å². The van der Waals surface area contributed by atoms with Crippen molar-refractivity contribution < 1.29 is 4.79 Å². The summed E-state index contributed by atoms with van der Waals surface area (Å²) in [6.45, 7) is 3.35. The van der Waals surface area contributed by atoms with Crippen LogP contribution in [-0.2, 0) is 4.79 Å². The summed E-state index contributed by atoms with van der Waals surface area (Å²) in [6.07, 6.45) is 3.38. The lowest BCUT2D eigenvalue weighted by molar-refractivity contribution is -0.110. The number of hydrogen-bond acceptors (Lipinski definition) is 2. The van der Waals surface area contributed by atoms with Crippen molar-refractivity contribution in [3.05, 3.63) is 12.3 Å². The third-order valence-corrected chi connectivity index (χ3v) is 1.67. The summed E-state index contributed by atoms with van der Waals surface area (Å²) >= 11 is 1.90. The summed E-state index contributed by atoms with van der Waals surface area (Å²) in [5.74, 6) is 0.00806. The van der Waals surface area contributed by atoms with Crippen molar-refractivity contribution in [1.82, 2.24) is 0 Å². The molecule has 50 valence electrons. The lowest BCUT2D eigenvalue weighted by atomic mass is 10.5. The standard InChI is InChI=1S/C6H8INO/c1-3-4-8-6(7)5(2)9/h3-4H,1-2H3/b4-3-,8-6?. The molecule has 0 amide bonds. The van der Waals surface area contributed by atoms with Crippen molar-refractivity contribution in [3.8, 4) is 0 Å². The number of halogens is 1. The van der Waals surface area contributed by atoms with Crippen LogP contribution in [0.4, 0.5) is 0 Å².